The summed E-state index contributed by atoms with van der Waals surface area (Å²) in [6.45, 7) is 2.00. The molecule has 0 aliphatic carbocycles. The van der Waals surface area contributed by atoms with E-state index in [-0.39, 0.29) is 19.1 Å². The fourth-order valence-corrected chi connectivity index (χ4v) is 3.78. The molecule has 0 aliphatic heterocycles. The number of carbonyl (C=O) groups excluding carboxylic acids is 3. The lowest BCUT2D eigenvalue weighted by molar-refractivity contribution is -0.139. The Morgan fingerprint density at radius 3 is 2.42 bits per heavy atom. The standard InChI is InChI=1S/C26H25IN4O5/c1-17-8-10-18(11-9-17)14-28-25(33)26(34)31-29-15-19-12-21(27)24(22(13-19)35-2)36-16-23(32)30-20-6-4-3-5-7-20/h3-13,15H,14,16H2,1-2H3,(H,28,33)(H,30,32)(H,31,34)/b29-15-. The van der Waals surface area contributed by atoms with Crippen LogP contribution in [-0.4, -0.2) is 37.7 Å². The highest BCUT2D eigenvalue weighted by atomic mass is 127. The van der Waals surface area contributed by atoms with E-state index in [1.54, 1.807) is 24.3 Å². The predicted octanol–water partition coefficient (Wildman–Crippen LogP) is 3.39. The van der Waals surface area contributed by atoms with E-state index in [1.165, 1.54) is 13.3 Å². The molecule has 3 rings (SSSR count). The average Bonchev–Trinajstić information content (AvgIpc) is 2.87. The number of halogens is 1. The second kappa shape index (κ2) is 13.2. The first-order chi connectivity index (χ1) is 17.4. The number of carbonyl (C=O) groups is 3. The van der Waals surface area contributed by atoms with E-state index < -0.39 is 11.8 Å². The lowest BCUT2D eigenvalue weighted by Gasteiger charge is -2.13. The number of hydrogen-bond donors (Lipinski definition) is 3. The molecule has 0 saturated carbocycles. The fourth-order valence-electron chi connectivity index (χ4n) is 3.00. The van der Waals surface area contributed by atoms with Crippen LogP contribution in [0.2, 0.25) is 0 Å². The number of hydrazone groups is 1. The van der Waals surface area contributed by atoms with Gasteiger partial charge in [-0.1, -0.05) is 48.0 Å². The SMILES string of the molecule is COc1cc(/C=N\NC(=O)C(=O)NCc2ccc(C)cc2)cc(I)c1OCC(=O)Nc1ccccc1. The number of nitrogens with zero attached hydrogens (tertiary/aromatic N) is 1. The number of rotatable bonds is 9. The number of hydrogen-bond acceptors (Lipinski definition) is 6. The number of benzene rings is 3. The number of methoxy groups -OCH3 is 1. The van der Waals surface area contributed by atoms with Crippen molar-refractivity contribution in [3.63, 3.8) is 0 Å². The van der Waals surface area contributed by atoms with Crippen molar-refractivity contribution in [2.24, 2.45) is 5.10 Å². The highest BCUT2D eigenvalue weighted by molar-refractivity contribution is 14.1. The monoisotopic (exact) mass is 600 g/mol. The summed E-state index contributed by atoms with van der Waals surface area (Å²) in [5, 5.41) is 9.14. The smallest absolute Gasteiger partial charge is 0.329 e. The first-order valence-electron chi connectivity index (χ1n) is 10.9. The molecule has 10 heteroatoms. The zero-order chi connectivity index (χ0) is 25.9. The van der Waals surface area contributed by atoms with Crippen LogP contribution in [0, 0.1) is 10.5 Å². The first kappa shape index (κ1) is 26.7. The van der Waals surface area contributed by atoms with Gasteiger partial charge < -0.3 is 20.1 Å². The van der Waals surface area contributed by atoms with Crippen LogP contribution in [0.4, 0.5) is 5.69 Å². The maximum Gasteiger partial charge on any atom is 0.329 e. The van der Waals surface area contributed by atoms with Crippen molar-refractivity contribution in [1.82, 2.24) is 10.7 Å². The van der Waals surface area contributed by atoms with Crippen molar-refractivity contribution in [3.8, 4) is 11.5 Å². The third-order valence-electron chi connectivity index (χ3n) is 4.82. The molecule has 0 atom stereocenters. The van der Waals surface area contributed by atoms with Gasteiger partial charge in [-0.2, -0.15) is 5.10 Å². The van der Waals surface area contributed by atoms with E-state index in [2.05, 4.69) is 21.2 Å². The minimum atomic E-state index is -0.885. The maximum absolute atomic E-state index is 12.2. The summed E-state index contributed by atoms with van der Waals surface area (Å²) in [5.41, 5.74) is 5.46. The third-order valence-corrected chi connectivity index (χ3v) is 5.62. The van der Waals surface area contributed by atoms with Crippen LogP contribution in [0.25, 0.3) is 0 Å². The lowest BCUT2D eigenvalue weighted by atomic mass is 10.1. The minimum absolute atomic E-state index is 0.206. The van der Waals surface area contributed by atoms with Crippen molar-refractivity contribution < 1.29 is 23.9 Å². The van der Waals surface area contributed by atoms with E-state index in [0.29, 0.717) is 26.3 Å². The maximum atomic E-state index is 12.2. The van der Waals surface area contributed by atoms with Gasteiger partial charge in [-0.05, 0) is 64.9 Å². The summed E-state index contributed by atoms with van der Waals surface area (Å²) in [7, 11) is 1.48. The highest BCUT2D eigenvalue weighted by Gasteiger charge is 2.14. The minimum Gasteiger partial charge on any atom is -0.493 e. The Kier molecular flexibility index (Phi) is 9.81. The summed E-state index contributed by atoms with van der Waals surface area (Å²) in [4.78, 5) is 36.2. The zero-order valence-electron chi connectivity index (χ0n) is 19.7. The number of amides is 3. The summed E-state index contributed by atoms with van der Waals surface area (Å²) in [5.74, 6) is -1.20. The molecular formula is C26H25IN4O5. The van der Waals surface area contributed by atoms with Gasteiger partial charge in [0.2, 0.25) is 0 Å². The topological polar surface area (TPSA) is 118 Å². The lowest BCUT2D eigenvalue weighted by Crippen LogP contribution is -2.37. The molecule has 0 aromatic heterocycles. The van der Waals surface area contributed by atoms with Gasteiger partial charge in [0, 0.05) is 12.2 Å². The van der Waals surface area contributed by atoms with Crippen LogP contribution in [0.3, 0.4) is 0 Å². The van der Waals surface area contributed by atoms with E-state index >= 15 is 0 Å². The molecule has 9 nitrogen and oxygen atoms in total. The summed E-state index contributed by atoms with van der Waals surface area (Å²) < 4.78 is 11.7. The Morgan fingerprint density at radius 2 is 1.72 bits per heavy atom. The van der Waals surface area contributed by atoms with Gasteiger partial charge in [0.1, 0.15) is 0 Å². The number of nitrogens with one attached hydrogen (secondary N) is 3. The molecule has 3 N–H and O–H groups in total. The van der Waals surface area contributed by atoms with E-state index in [0.717, 1.165) is 11.1 Å². The molecule has 3 aromatic rings. The van der Waals surface area contributed by atoms with Gasteiger partial charge in [0.05, 0.1) is 16.9 Å². The molecule has 0 bridgehead atoms. The largest absolute Gasteiger partial charge is 0.493 e. The van der Waals surface area contributed by atoms with Crippen LogP contribution in [0.15, 0.2) is 71.8 Å². The Hall–Kier alpha value is -3.93. The Labute approximate surface area is 222 Å². The molecule has 0 radical (unpaired) electrons. The Balaban J connectivity index is 1.53. The first-order valence-corrected chi connectivity index (χ1v) is 12.0. The molecule has 0 fully saturated rings. The van der Waals surface area contributed by atoms with E-state index in [9.17, 15) is 14.4 Å². The van der Waals surface area contributed by atoms with Gasteiger partial charge in [-0.15, -0.1) is 0 Å². The molecule has 0 aliphatic rings. The van der Waals surface area contributed by atoms with Gasteiger partial charge in [0.25, 0.3) is 5.91 Å². The Morgan fingerprint density at radius 1 is 1.00 bits per heavy atom. The molecule has 3 aromatic carbocycles. The molecular weight excluding hydrogens is 575 g/mol. The molecule has 186 valence electrons. The molecule has 0 heterocycles. The van der Waals surface area contributed by atoms with Gasteiger partial charge in [-0.25, -0.2) is 5.43 Å². The number of aryl methyl sites for hydroxylation is 1. The van der Waals surface area contributed by atoms with Crippen molar-refractivity contribution in [2.75, 3.05) is 19.0 Å². The normalized spacial score (nSPS) is 10.5. The summed E-state index contributed by atoms with van der Waals surface area (Å²) in [6, 6.07) is 20.1. The average molecular weight is 600 g/mol. The van der Waals surface area contributed by atoms with Gasteiger partial charge >= 0.3 is 11.8 Å². The summed E-state index contributed by atoms with van der Waals surface area (Å²) in [6.07, 6.45) is 1.38. The van der Waals surface area contributed by atoms with E-state index in [1.807, 2.05) is 72.0 Å². The second-order valence-electron chi connectivity index (χ2n) is 7.60. The van der Waals surface area contributed by atoms with Crippen molar-refractivity contribution >= 4 is 52.2 Å². The summed E-state index contributed by atoms with van der Waals surface area (Å²) >= 11 is 2.05. The fraction of sp³-hybridized carbons (Fsp3) is 0.154. The quantitative estimate of drug-likeness (QED) is 0.151. The van der Waals surface area contributed by atoms with Crippen molar-refractivity contribution in [2.45, 2.75) is 13.5 Å². The third kappa shape index (κ3) is 8.08. The van der Waals surface area contributed by atoms with Crippen molar-refractivity contribution in [3.05, 3.63) is 87.0 Å². The van der Waals surface area contributed by atoms with Crippen LogP contribution in [0.1, 0.15) is 16.7 Å². The second-order valence-corrected chi connectivity index (χ2v) is 8.77. The molecule has 3 amide bonds. The van der Waals surface area contributed by atoms with Gasteiger partial charge in [0.15, 0.2) is 18.1 Å². The molecule has 0 unspecified atom stereocenters. The highest BCUT2D eigenvalue weighted by Crippen LogP contribution is 2.33. The number of para-hydroxylation sites is 1. The number of anilines is 1. The van der Waals surface area contributed by atoms with Crippen LogP contribution in [0.5, 0.6) is 11.5 Å². The Bertz CT molecular complexity index is 1250. The molecule has 0 spiro atoms. The zero-order valence-corrected chi connectivity index (χ0v) is 21.9. The van der Waals surface area contributed by atoms with E-state index in [4.69, 9.17) is 9.47 Å². The van der Waals surface area contributed by atoms with Gasteiger partial charge in [-0.3, -0.25) is 14.4 Å². The number of ether oxygens (including phenoxy) is 2. The van der Waals surface area contributed by atoms with Crippen LogP contribution in [-0.2, 0) is 20.9 Å². The molecule has 36 heavy (non-hydrogen) atoms. The predicted molar refractivity (Wildman–Crippen MR) is 145 cm³/mol. The molecule has 0 saturated heterocycles. The van der Waals surface area contributed by atoms with Crippen LogP contribution < -0.4 is 25.5 Å². The van der Waals surface area contributed by atoms with Crippen LogP contribution >= 0.6 is 22.6 Å². The van der Waals surface area contributed by atoms with Crippen molar-refractivity contribution in [1.29, 1.82) is 0 Å².